The van der Waals surface area contributed by atoms with Gasteiger partial charge in [0.05, 0.1) is 11.2 Å². The summed E-state index contributed by atoms with van der Waals surface area (Å²) < 4.78 is 0. The van der Waals surface area contributed by atoms with Gasteiger partial charge in [0.25, 0.3) is 0 Å². The summed E-state index contributed by atoms with van der Waals surface area (Å²) >= 11 is 0. The zero-order valence-electron chi connectivity index (χ0n) is 29.7. The summed E-state index contributed by atoms with van der Waals surface area (Å²) in [5.74, 6) is 0. The predicted molar refractivity (Wildman–Crippen MR) is 226 cm³/mol. The van der Waals surface area contributed by atoms with Crippen molar-refractivity contribution in [3.8, 4) is 44.6 Å². The normalized spacial score (nSPS) is 13.2. The van der Waals surface area contributed by atoms with Gasteiger partial charge in [-0.05, 0) is 106 Å². The molecule has 0 radical (unpaired) electrons. The van der Waals surface area contributed by atoms with E-state index in [0.29, 0.717) is 0 Å². The zero-order chi connectivity index (χ0) is 35.3. The van der Waals surface area contributed by atoms with E-state index in [-0.39, 0.29) is 5.41 Å². The van der Waals surface area contributed by atoms with Crippen LogP contribution in [0.5, 0.6) is 0 Å². The van der Waals surface area contributed by atoms with Crippen LogP contribution in [0.2, 0.25) is 0 Å². The highest BCUT2D eigenvalue weighted by Crippen LogP contribution is 2.54. The predicted octanol–water partition coefficient (Wildman–Crippen LogP) is 14.2. The Bertz CT molecular complexity index is 3090. The number of hydrogen-bond acceptors (Lipinski definition) is 1. The van der Waals surface area contributed by atoms with E-state index in [0.717, 1.165) is 11.2 Å². The van der Waals surface area contributed by atoms with Crippen molar-refractivity contribution in [2.24, 2.45) is 0 Å². The third-order valence-corrected chi connectivity index (χ3v) is 11.8. The van der Waals surface area contributed by atoms with Gasteiger partial charge in [0, 0.05) is 16.4 Å². The first-order valence-electron chi connectivity index (χ1n) is 18.5. The highest BCUT2D eigenvalue weighted by molar-refractivity contribution is 6.26. The minimum atomic E-state index is -0.192. The molecule has 1 heterocycles. The first kappa shape index (κ1) is 30.1. The molecule has 0 amide bonds. The topological polar surface area (TPSA) is 12.9 Å². The Morgan fingerprint density at radius 2 is 0.925 bits per heavy atom. The number of hydrogen-bond donors (Lipinski definition) is 0. The van der Waals surface area contributed by atoms with Crippen molar-refractivity contribution >= 4 is 54.0 Å². The Hall–Kier alpha value is -6.57. The molecule has 0 fully saturated rings. The molecule has 1 nitrogen and oxygen atoms in total. The van der Waals surface area contributed by atoms with E-state index in [9.17, 15) is 0 Å². The maximum Gasteiger partial charge on any atom is 0.0759 e. The first-order valence-corrected chi connectivity index (χ1v) is 18.5. The third kappa shape index (κ3) is 4.41. The molecule has 1 aromatic heterocycles. The number of pyridine rings is 1. The molecule has 0 bridgehead atoms. The maximum atomic E-state index is 5.39. The largest absolute Gasteiger partial charge is 0.247 e. The minimum absolute atomic E-state index is 0.192. The lowest BCUT2D eigenvalue weighted by molar-refractivity contribution is 0.662. The summed E-state index contributed by atoms with van der Waals surface area (Å²) in [5.41, 5.74) is 13.3. The molecule has 0 N–H and O–H groups in total. The summed E-state index contributed by atoms with van der Waals surface area (Å²) in [5, 5.41) is 11.4. The fourth-order valence-electron chi connectivity index (χ4n) is 9.27. The van der Waals surface area contributed by atoms with Gasteiger partial charge in [0.1, 0.15) is 0 Å². The van der Waals surface area contributed by atoms with E-state index in [1.165, 1.54) is 98.5 Å². The van der Waals surface area contributed by atoms with Crippen molar-refractivity contribution in [3.63, 3.8) is 0 Å². The molecule has 9 aromatic carbocycles. The van der Waals surface area contributed by atoms with Gasteiger partial charge in [-0.25, -0.2) is 4.98 Å². The van der Waals surface area contributed by atoms with Crippen LogP contribution in [-0.4, -0.2) is 4.98 Å². The van der Waals surface area contributed by atoms with Gasteiger partial charge in [-0.2, -0.15) is 0 Å². The first-order chi connectivity index (χ1) is 26.0. The van der Waals surface area contributed by atoms with Crippen molar-refractivity contribution in [1.82, 2.24) is 4.98 Å². The third-order valence-electron chi connectivity index (χ3n) is 11.8. The van der Waals surface area contributed by atoms with E-state index < -0.39 is 0 Å². The fourth-order valence-corrected chi connectivity index (χ4v) is 9.27. The highest BCUT2D eigenvalue weighted by atomic mass is 14.7. The zero-order valence-corrected chi connectivity index (χ0v) is 29.7. The number of nitrogens with zero attached hydrogens (tertiary/aromatic N) is 1. The van der Waals surface area contributed by atoms with E-state index in [1.807, 2.05) is 0 Å². The maximum absolute atomic E-state index is 5.39. The molecule has 0 saturated carbocycles. The van der Waals surface area contributed by atoms with Gasteiger partial charge in [0.2, 0.25) is 0 Å². The van der Waals surface area contributed by atoms with E-state index in [1.54, 1.807) is 0 Å². The molecule has 1 heteroatoms. The van der Waals surface area contributed by atoms with Gasteiger partial charge in [-0.1, -0.05) is 172 Å². The van der Waals surface area contributed by atoms with Crippen LogP contribution in [0, 0.1) is 0 Å². The highest BCUT2D eigenvalue weighted by Gasteiger charge is 2.39. The second kappa shape index (κ2) is 11.2. The number of aromatic nitrogens is 1. The molecule has 0 atom stereocenters. The second-order valence-electron chi connectivity index (χ2n) is 15.1. The lowest BCUT2D eigenvalue weighted by atomic mass is 9.78. The molecule has 1 aliphatic rings. The van der Waals surface area contributed by atoms with E-state index in [4.69, 9.17) is 4.98 Å². The van der Waals surface area contributed by atoms with Crippen molar-refractivity contribution < 1.29 is 0 Å². The quantitative estimate of drug-likeness (QED) is 0.170. The van der Waals surface area contributed by atoms with Crippen molar-refractivity contribution in [2.45, 2.75) is 19.3 Å². The van der Waals surface area contributed by atoms with Crippen molar-refractivity contribution in [3.05, 3.63) is 187 Å². The molecule has 11 rings (SSSR count). The minimum Gasteiger partial charge on any atom is -0.247 e. The van der Waals surface area contributed by atoms with Crippen LogP contribution in [0.3, 0.4) is 0 Å². The standard InChI is InChI=1S/C52H35N/c1-52(2)46-19-11-10-18-43(46)51-50(52)48(49-38-15-7-6-14-34(38)26-29-47(49)53-51)35-22-20-33(21-23-35)37-25-28-42-41-27-24-36(32-12-4-3-5-13-32)30-44(41)39-16-8-9-17-40(39)45(42)31-37/h3-31H,1-2H3. The molecular formula is C52H35N. The monoisotopic (exact) mass is 673 g/mol. The summed E-state index contributed by atoms with van der Waals surface area (Å²) in [6.45, 7) is 4.72. The van der Waals surface area contributed by atoms with Crippen molar-refractivity contribution in [2.75, 3.05) is 0 Å². The average Bonchev–Trinajstić information content (AvgIpc) is 3.45. The SMILES string of the molecule is CC1(C)c2ccccc2-c2nc3ccc4ccccc4c3c(-c3ccc(-c4ccc5c6ccc(-c7ccccc7)cc6c6ccccc6c5c4)cc3)c21. The van der Waals surface area contributed by atoms with Gasteiger partial charge < -0.3 is 0 Å². The summed E-state index contributed by atoms with van der Waals surface area (Å²) in [6, 6.07) is 64.8. The second-order valence-corrected chi connectivity index (χ2v) is 15.1. The average molecular weight is 674 g/mol. The molecule has 0 aliphatic heterocycles. The molecule has 0 saturated heterocycles. The Morgan fingerprint density at radius 1 is 0.396 bits per heavy atom. The number of fused-ring (bicyclic) bond motifs is 12. The Kier molecular flexibility index (Phi) is 6.37. The Labute approximate surface area is 308 Å². The molecule has 1 aliphatic carbocycles. The van der Waals surface area contributed by atoms with Crippen LogP contribution in [0.15, 0.2) is 176 Å². The molecular weight excluding hydrogens is 639 g/mol. The van der Waals surface area contributed by atoms with Gasteiger partial charge in [-0.3, -0.25) is 0 Å². The Morgan fingerprint density at radius 3 is 1.62 bits per heavy atom. The lowest BCUT2D eigenvalue weighted by Crippen LogP contribution is -2.16. The molecule has 10 aromatic rings. The number of rotatable bonds is 3. The van der Waals surface area contributed by atoms with Gasteiger partial charge in [0.15, 0.2) is 0 Å². The summed E-state index contributed by atoms with van der Waals surface area (Å²) in [7, 11) is 0. The van der Waals surface area contributed by atoms with Crippen LogP contribution >= 0.6 is 0 Å². The van der Waals surface area contributed by atoms with Crippen LogP contribution in [0.4, 0.5) is 0 Å². The van der Waals surface area contributed by atoms with Crippen LogP contribution in [-0.2, 0) is 5.41 Å². The van der Waals surface area contributed by atoms with E-state index >= 15 is 0 Å². The van der Waals surface area contributed by atoms with Crippen LogP contribution < -0.4 is 0 Å². The Balaban J connectivity index is 1.09. The summed E-state index contributed by atoms with van der Waals surface area (Å²) in [6.07, 6.45) is 0. The molecule has 53 heavy (non-hydrogen) atoms. The van der Waals surface area contributed by atoms with E-state index in [2.05, 4.69) is 190 Å². The number of benzene rings is 9. The summed E-state index contributed by atoms with van der Waals surface area (Å²) in [4.78, 5) is 5.39. The van der Waals surface area contributed by atoms with Crippen molar-refractivity contribution in [1.29, 1.82) is 0 Å². The van der Waals surface area contributed by atoms with Crippen LogP contribution in [0.1, 0.15) is 25.0 Å². The van der Waals surface area contributed by atoms with Crippen LogP contribution in [0.25, 0.3) is 98.6 Å². The molecule has 0 spiro atoms. The van der Waals surface area contributed by atoms with Gasteiger partial charge in [-0.15, -0.1) is 0 Å². The smallest absolute Gasteiger partial charge is 0.0759 e. The van der Waals surface area contributed by atoms with Gasteiger partial charge >= 0.3 is 0 Å². The molecule has 248 valence electrons. The fraction of sp³-hybridized carbons (Fsp3) is 0.0577. The lowest BCUT2D eigenvalue weighted by Gasteiger charge is -2.25. The molecule has 0 unspecified atom stereocenters.